The molecule has 0 spiro atoms. The van der Waals surface area contributed by atoms with E-state index in [-0.39, 0.29) is 12.6 Å². The molecule has 1 aliphatic rings. The molecule has 0 aliphatic carbocycles. The van der Waals surface area contributed by atoms with Crippen molar-refractivity contribution in [2.45, 2.75) is 26.9 Å². The predicted octanol–water partition coefficient (Wildman–Crippen LogP) is 2.21. The molecule has 0 bridgehead atoms. The van der Waals surface area contributed by atoms with Crippen molar-refractivity contribution in [3.8, 4) is 0 Å². The lowest BCUT2D eigenvalue weighted by Gasteiger charge is -2.27. The lowest BCUT2D eigenvalue weighted by atomic mass is 10.00. The fraction of sp³-hybridized carbons (Fsp3) is 0.375. The lowest BCUT2D eigenvalue weighted by Crippen LogP contribution is -2.41. The third-order valence-corrected chi connectivity index (χ3v) is 3.44. The van der Waals surface area contributed by atoms with E-state index in [9.17, 15) is 4.79 Å². The summed E-state index contributed by atoms with van der Waals surface area (Å²) in [7, 11) is 0. The first-order valence-corrected chi connectivity index (χ1v) is 6.98. The van der Waals surface area contributed by atoms with Crippen molar-refractivity contribution in [3.05, 3.63) is 47.4 Å². The minimum absolute atomic E-state index is 0.00200. The van der Waals surface area contributed by atoms with Gasteiger partial charge in [0, 0.05) is 25.0 Å². The third kappa shape index (κ3) is 3.70. The fourth-order valence-corrected chi connectivity index (χ4v) is 2.39. The first kappa shape index (κ1) is 15.3. The number of amides is 2. The number of urea groups is 1. The summed E-state index contributed by atoms with van der Waals surface area (Å²) in [5.41, 5.74) is 4.61. The first-order chi connectivity index (χ1) is 10.0. The van der Waals surface area contributed by atoms with Crippen LogP contribution in [0.5, 0.6) is 0 Å². The fourth-order valence-electron chi connectivity index (χ4n) is 2.39. The van der Waals surface area contributed by atoms with E-state index in [4.69, 9.17) is 5.11 Å². The number of rotatable bonds is 3. The molecular formula is C16H21N3O2. The number of aliphatic hydroxyl groups is 1. The van der Waals surface area contributed by atoms with E-state index in [1.54, 1.807) is 18.0 Å². The number of nitrogens with one attached hydrogen (secondary N) is 1. The summed E-state index contributed by atoms with van der Waals surface area (Å²) in [5, 5.41) is 11.8. The molecule has 1 aliphatic heterocycles. The second-order valence-corrected chi connectivity index (χ2v) is 5.30. The number of pyridine rings is 1. The number of nitrogens with zero attached hydrogens (tertiary/aromatic N) is 2. The molecule has 0 fully saturated rings. The van der Waals surface area contributed by atoms with Gasteiger partial charge < -0.3 is 15.3 Å². The number of aromatic nitrogens is 1. The Morgan fingerprint density at radius 1 is 1.57 bits per heavy atom. The van der Waals surface area contributed by atoms with Crippen LogP contribution in [0.15, 0.2) is 30.6 Å². The monoisotopic (exact) mass is 287 g/mol. The minimum Gasteiger partial charge on any atom is -0.392 e. The maximum Gasteiger partial charge on any atom is 0.321 e. The molecule has 0 atom stereocenters. The maximum absolute atomic E-state index is 11.9. The second kappa shape index (κ2) is 6.54. The molecule has 21 heavy (non-hydrogen) atoms. The summed E-state index contributed by atoms with van der Waals surface area (Å²) in [4.78, 5) is 18.1. The quantitative estimate of drug-likeness (QED) is 0.896. The molecule has 0 radical (unpaired) electrons. The van der Waals surface area contributed by atoms with Crippen LogP contribution < -0.4 is 5.32 Å². The number of aliphatic hydroxyl groups excluding tert-OH is 1. The Balaban J connectivity index is 2.09. The Labute approximate surface area is 125 Å². The van der Waals surface area contributed by atoms with Crippen molar-refractivity contribution in [1.82, 2.24) is 15.2 Å². The average Bonchev–Trinajstić information content (AvgIpc) is 2.46. The van der Waals surface area contributed by atoms with Crippen LogP contribution in [-0.4, -0.2) is 34.1 Å². The Morgan fingerprint density at radius 3 is 2.86 bits per heavy atom. The highest BCUT2D eigenvalue weighted by Crippen LogP contribution is 2.24. The minimum atomic E-state index is -0.113. The molecule has 0 unspecified atom stereocenters. The van der Waals surface area contributed by atoms with Crippen LogP contribution in [0.25, 0.3) is 5.57 Å². The van der Waals surface area contributed by atoms with Crippen LogP contribution in [0, 0.1) is 6.92 Å². The Kier molecular flexibility index (Phi) is 4.75. The number of hydrogen-bond acceptors (Lipinski definition) is 3. The Bertz CT molecular complexity index is 593. The second-order valence-electron chi connectivity index (χ2n) is 5.30. The zero-order chi connectivity index (χ0) is 15.4. The van der Waals surface area contributed by atoms with Gasteiger partial charge in [-0.3, -0.25) is 4.98 Å². The standard InChI is InChI=1S/C16H21N3O2/c1-11(2)18-16(21)19-6-4-14(5-7-19)15-12(3)8-13(10-20)9-17-15/h4,8-9,20H,1,5-7,10H2,2-3H3,(H,18,21). The Morgan fingerprint density at radius 2 is 2.33 bits per heavy atom. The molecule has 2 rings (SSSR count). The molecule has 2 N–H and O–H groups in total. The van der Waals surface area contributed by atoms with Crippen LogP contribution >= 0.6 is 0 Å². The molecule has 0 saturated heterocycles. The molecule has 112 valence electrons. The van der Waals surface area contributed by atoms with E-state index in [0.29, 0.717) is 18.8 Å². The topological polar surface area (TPSA) is 65.5 Å². The van der Waals surface area contributed by atoms with Crippen molar-refractivity contribution in [1.29, 1.82) is 0 Å². The van der Waals surface area contributed by atoms with Crippen LogP contribution in [-0.2, 0) is 6.61 Å². The van der Waals surface area contributed by atoms with E-state index in [0.717, 1.165) is 28.8 Å². The van der Waals surface area contributed by atoms with Gasteiger partial charge in [0.15, 0.2) is 0 Å². The zero-order valence-corrected chi connectivity index (χ0v) is 12.5. The molecule has 1 aromatic heterocycles. The molecule has 0 aromatic carbocycles. The van der Waals surface area contributed by atoms with Gasteiger partial charge in [-0.1, -0.05) is 18.7 Å². The highest BCUT2D eigenvalue weighted by atomic mass is 16.3. The molecule has 5 nitrogen and oxygen atoms in total. The van der Waals surface area contributed by atoms with Gasteiger partial charge in [-0.25, -0.2) is 4.79 Å². The van der Waals surface area contributed by atoms with Crippen molar-refractivity contribution in [3.63, 3.8) is 0 Å². The SMILES string of the molecule is C=C(C)NC(=O)N1CC=C(c2ncc(CO)cc2C)CC1. The average molecular weight is 287 g/mol. The van der Waals surface area contributed by atoms with Gasteiger partial charge in [0.05, 0.1) is 12.3 Å². The van der Waals surface area contributed by atoms with E-state index < -0.39 is 0 Å². The van der Waals surface area contributed by atoms with Crippen LogP contribution in [0.4, 0.5) is 4.79 Å². The van der Waals surface area contributed by atoms with Crippen molar-refractivity contribution in [2.24, 2.45) is 0 Å². The Hall–Kier alpha value is -2.14. The molecule has 5 heteroatoms. The van der Waals surface area contributed by atoms with Gasteiger partial charge in [-0.2, -0.15) is 0 Å². The van der Waals surface area contributed by atoms with Gasteiger partial charge in [-0.05, 0) is 37.0 Å². The molecule has 2 heterocycles. The number of allylic oxidation sites excluding steroid dienone is 1. The van der Waals surface area contributed by atoms with E-state index in [2.05, 4.69) is 16.9 Å². The van der Waals surface area contributed by atoms with Gasteiger partial charge >= 0.3 is 6.03 Å². The summed E-state index contributed by atoms with van der Waals surface area (Å²) >= 11 is 0. The summed E-state index contributed by atoms with van der Waals surface area (Å²) in [5.74, 6) is 0. The normalized spacial score (nSPS) is 14.6. The smallest absolute Gasteiger partial charge is 0.321 e. The third-order valence-electron chi connectivity index (χ3n) is 3.44. The van der Waals surface area contributed by atoms with E-state index in [1.807, 2.05) is 19.1 Å². The first-order valence-electron chi connectivity index (χ1n) is 6.98. The van der Waals surface area contributed by atoms with Crippen LogP contribution in [0.1, 0.15) is 30.2 Å². The number of hydrogen-bond donors (Lipinski definition) is 2. The zero-order valence-electron chi connectivity index (χ0n) is 12.5. The molecule has 2 amide bonds. The van der Waals surface area contributed by atoms with Gasteiger partial charge in [0.2, 0.25) is 0 Å². The largest absolute Gasteiger partial charge is 0.392 e. The van der Waals surface area contributed by atoms with E-state index >= 15 is 0 Å². The molecular weight excluding hydrogens is 266 g/mol. The van der Waals surface area contributed by atoms with Crippen molar-refractivity contribution >= 4 is 11.6 Å². The highest BCUT2D eigenvalue weighted by Gasteiger charge is 2.19. The van der Waals surface area contributed by atoms with Crippen molar-refractivity contribution in [2.75, 3.05) is 13.1 Å². The summed E-state index contributed by atoms with van der Waals surface area (Å²) in [6.07, 6.45) is 4.51. The number of carbonyl (C=O) groups excluding carboxylic acids is 1. The number of aryl methyl sites for hydroxylation is 1. The summed E-state index contributed by atoms with van der Waals surface area (Å²) in [6, 6.07) is 1.83. The lowest BCUT2D eigenvalue weighted by molar-refractivity contribution is 0.206. The number of carbonyl (C=O) groups is 1. The van der Waals surface area contributed by atoms with Crippen LogP contribution in [0.3, 0.4) is 0 Å². The van der Waals surface area contributed by atoms with Gasteiger partial charge in [-0.15, -0.1) is 0 Å². The van der Waals surface area contributed by atoms with E-state index in [1.165, 1.54) is 0 Å². The molecule has 1 aromatic rings. The van der Waals surface area contributed by atoms with Crippen molar-refractivity contribution < 1.29 is 9.90 Å². The highest BCUT2D eigenvalue weighted by molar-refractivity contribution is 5.78. The maximum atomic E-state index is 11.9. The predicted molar refractivity (Wildman–Crippen MR) is 82.4 cm³/mol. The van der Waals surface area contributed by atoms with Crippen LogP contribution in [0.2, 0.25) is 0 Å². The summed E-state index contributed by atoms with van der Waals surface area (Å²) in [6.45, 7) is 8.66. The van der Waals surface area contributed by atoms with Gasteiger partial charge in [0.1, 0.15) is 0 Å². The molecule has 0 saturated carbocycles. The van der Waals surface area contributed by atoms with Gasteiger partial charge in [0.25, 0.3) is 0 Å². The summed E-state index contributed by atoms with van der Waals surface area (Å²) < 4.78 is 0.